The van der Waals surface area contributed by atoms with E-state index in [2.05, 4.69) is 15.3 Å². The lowest BCUT2D eigenvalue weighted by Crippen LogP contribution is -2.16. The molecule has 1 aromatic heterocycles. The van der Waals surface area contributed by atoms with Gasteiger partial charge >= 0.3 is 5.97 Å². The second-order valence-corrected chi connectivity index (χ2v) is 6.77. The van der Waals surface area contributed by atoms with Crippen molar-refractivity contribution in [2.45, 2.75) is 26.2 Å². The van der Waals surface area contributed by atoms with Crippen molar-refractivity contribution in [1.82, 2.24) is 9.97 Å². The predicted octanol–water partition coefficient (Wildman–Crippen LogP) is 4.26. The van der Waals surface area contributed by atoms with Gasteiger partial charge in [-0.2, -0.15) is 0 Å². The summed E-state index contributed by atoms with van der Waals surface area (Å²) >= 11 is 0. The van der Waals surface area contributed by atoms with E-state index >= 15 is 0 Å². The molecule has 3 rings (SSSR count). The molecule has 158 valence electrons. The molecule has 1 N–H and O–H groups in total. The van der Waals surface area contributed by atoms with Crippen LogP contribution < -0.4 is 14.8 Å². The van der Waals surface area contributed by atoms with E-state index in [1.807, 2.05) is 49.4 Å². The zero-order valence-corrected chi connectivity index (χ0v) is 17.6. The van der Waals surface area contributed by atoms with Crippen LogP contribution in [0.25, 0.3) is 11.0 Å². The van der Waals surface area contributed by atoms with Gasteiger partial charge in [0, 0.05) is 6.54 Å². The van der Waals surface area contributed by atoms with Crippen molar-refractivity contribution in [2.24, 2.45) is 0 Å². The number of anilines is 1. The molecule has 7 heteroatoms. The molecule has 0 fully saturated rings. The van der Waals surface area contributed by atoms with Gasteiger partial charge in [-0.05, 0) is 42.7 Å². The Kier molecular flexibility index (Phi) is 7.43. The van der Waals surface area contributed by atoms with Gasteiger partial charge in [0.1, 0.15) is 0 Å². The summed E-state index contributed by atoms with van der Waals surface area (Å²) in [5, 5.41) is 3.24. The van der Waals surface area contributed by atoms with Crippen molar-refractivity contribution in [3.05, 3.63) is 53.7 Å². The van der Waals surface area contributed by atoms with Crippen LogP contribution >= 0.6 is 0 Å². The summed E-state index contributed by atoms with van der Waals surface area (Å²) in [5.74, 6) is 1.33. The number of ether oxygens (including phenoxy) is 3. The van der Waals surface area contributed by atoms with E-state index in [1.165, 1.54) is 0 Å². The Labute approximate surface area is 176 Å². The van der Waals surface area contributed by atoms with Gasteiger partial charge in [0.2, 0.25) is 0 Å². The van der Waals surface area contributed by atoms with Gasteiger partial charge in [-0.15, -0.1) is 0 Å². The zero-order chi connectivity index (χ0) is 21.3. The highest BCUT2D eigenvalue weighted by Crippen LogP contribution is 2.27. The second-order valence-electron chi connectivity index (χ2n) is 6.77. The molecule has 7 nitrogen and oxygen atoms in total. The minimum absolute atomic E-state index is 0.206. The standard InChI is InChI=1S/C23H27N3O4/c1-4-5-14-30-23(27)21-22(26-18-9-7-6-8-17(18)25-21)24-13-12-16-10-11-19(28-2)20(15-16)29-3/h6-11,15H,4-5,12-14H2,1-3H3,(H,24,26). The summed E-state index contributed by atoms with van der Waals surface area (Å²) in [6, 6.07) is 13.3. The van der Waals surface area contributed by atoms with Gasteiger partial charge in [-0.25, -0.2) is 14.8 Å². The minimum Gasteiger partial charge on any atom is -0.493 e. The number of carbonyl (C=O) groups is 1. The lowest BCUT2D eigenvalue weighted by molar-refractivity contribution is 0.0494. The third-order valence-corrected chi connectivity index (χ3v) is 4.65. The number of unbranched alkanes of at least 4 members (excludes halogenated alkanes) is 1. The first-order valence-electron chi connectivity index (χ1n) is 10.0. The molecular weight excluding hydrogens is 382 g/mol. The Hall–Kier alpha value is -3.35. The van der Waals surface area contributed by atoms with E-state index in [0.717, 1.165) is 23.9 Å². The third-order valence-electron chi connectivity index (χ3n) is 4.65. The number of fused-ring (bicyclic) bond motifs is 1. The fourth-order valence-electron chi connectivity index (χ4n) is 3.00. The van der Waals surface area contributed by atoms with E-state index in [1.54, 1.807) is 14.2 Å². The summed E-state index contributed by atoms with van der Waals surface area (Å²) in [4.78, 5) is 21.7. The Morgan fingerprint density at radius 3 is 2.43 bits per heavy atom. The van der Waals surface area contributed by atoms with Crippen molar-refractivity contribution < 1.29 is 19.0 Å². The SMILES string of the molecule is CCCCOC(=O)c1nc2ccccc2nc1NCCc1ccc(OC)c(OC)c1. The molecule has 0 amide bonds. The quantitative estimate of drug-likeness (QED) is 0.396. The van der Waals surface area contributed by atoms with E-state index in [4.69, 9.17) is 14.2 Å². The number of aromatic nitrogens is 2. The van der Waals surface area contributed by atoms with Gasteiger partial charge in [0.25, 0.3) is 0 Å². The highest BCUT2D eigenvalue weighted by atomic mass is 16.5. The fourth-order valence-corrected chi connectivity index (χ4v) is 3.00. The molecule has 0 aliphatic rings. The van der Waals surface area contributed by atoms with Crippen molar-refractivity contribution >= 4 is 22.8 Å². The normalized spacial score (nSPS) is 10.6. The van der Waals surface area contributed by atoms with Crippen molar-refractivity contribution in [3.8, 4) is 11.5 Å². The molecule has 1 heterocycles. The maximum atomic E-state index is 12.6. The molecule has 2 aromatic carbocycles. The van der Waals surface area contributed by atoms with Crippen LogP contribution in [0.15, 0.2) is 42.5 Å². The molecule has 0 saturated heterocycles. The summed E-state index contributed by atoms with van der Waals surface area (Å²) < 4.78 is 16.0. The smallest absolute Gasteiger partial charge is 0.360 e. The largest absolute Gasteiger partial charge is 0.493 e. The predicted molar refractivity (Wildman–Crippen MR) is 116 cm³/mol. The van der Waals surface area contributed by atoms with Crippen LogP contribution in [-0.4, -0.2) is 43.3 Å². The van der Waals surface area contributed by atoms with E-state index < -0.39 is 5.97 Å². The maximum absolute atomic E-state index is 12.6. The van der Waals surface area contributed by atoms with E-state index in [0.29, 0.717) is 42.4 Å². The average molecular weight is 409 g/mol. The molecule has 0 bridgehead atoms. The summed E-state index contributed by atoms with van der Waals surface area (Å²) in [7, 11) is 3.22. The van der Waals surface area contributed by atoms with E-state index in [-0.39, 0.29) is 5.69 Å². The molecule has 0 saturated carbocycles. The lowest BCUT2D eigenvalue weighted by Gasteiger charge is -2.13. The van der Waals surface area contributed by atoms with Crippen molar-refractivity contribution in [3.63, 3.8) is 0 Å². The minimum atomic E-state index is -0.463. The van der Waals surface area contributed by atoms with Crippen LogP contribution in [0.3, 0.4) is 0 Å². The number of nitrogens with zero attached hydrogens (tertiary/aromatic N) is 2. The third kappa shape index (κ3) is 5.17. The summed E-state index contributed by atoms with van der Waals surface area (Å²) in [6.07, 6.45) is 2.47. The Morgan fingerprint density at radius 1 is 1.00 bits per heavy atom. The Balaban J connectivity index is 1.77. The number of benzene rings is 2. The Bertz CT molecular complexity index is 1010. The first-order chi connectivity index (χ1) is 14.7. The monoisotopic (exact) mass is 409 g/mol. The number of carbonyl (C=O) groups excluding carboxylic acids is 1. The van der Waals surface area contributed by atoms with Crippen molar-refractivity contribution in [2.75, 3.05) is 32.7 Å². The molecular formula is C23H27N3O4. The number of rotatable bonds is 10. The second kappa shape index (κ2) is 10.4. The van der Waals surface area contributed by atoms with E-state index in [9.17, 15) is 4.79 Å². The molecule has 0 aliphatic carbocycles. The lowest BCUT2D eigenvalue weighted by atomic mass is 10.1. The topological polar surface area (TPSA) is 82.6 Å². The van der Waals surface area contributed by atoms with Crippen LogP contribution in [0.1, 0.15) is 35.8 Å². The van der Waals surface area contributed by atoms with Crippen LogP contribution in [0, 0.1) is 0 Å². The molecule has 3 aromatic rings. The Morgan fingerprint density at radius 2 is 1.73 bits per heavy atom. The maximum Gasteiger partial charge on any atom is 0.360 e. The zero-order valence-electron chi connectivity index (χ0n) is 17.6. The molecule has 30 heavy (non-hydrogen) atoms. The number of hydrogen-bond donors (Lipinski definition) is 1. The van der Waals surface area contributed by atoms with Crippen LogP contribution in [-0.2, 0) is 11.2 Å². The number of nitrogens with one attached hydrogen (secondary N) is 1. The molecule has 0 radical (unpaired) electrons. The fraction of sp³-hybridized carbons (Fsp3) is 0.348. The number of para-hydroxylation sites is 2. The highest BCUT2D eigenvalue weighted by Gasteiger charge is 2.18. The summed E-state index contributed by atoms with van der Waals surface area (Å²) in [6.45, 7) is 2.98. The molecule has 0 atom stereocenters. The van der Waals surface area contributed by atoms with Crippen LogP contribution in [0.2, 0.25) is 0 Å². The van der Waals surface area contributed by atoms with Crippen molar-refractivity contribution in [1.29, 1.82) is 0 Å². The van der Waals surface area contributed by atoms with Crippen LogP contribution in [0.5, 0.6) is 11.5 Å². The van der Waals surface area contributed by atoms with Gasteiger partial charge in [-0.1, -0.05) is 31.5 Å². The first-order valence-corrected chi connectivity index (χ1v) is 10.0. The van der Waals surface area contributed by atoms with Gasteiger partial charge in [-0.3, -0.25) is 0 Å². The average Bonchev–Trinajstić information content (AvgIpc) is 2.78. The van der Waals surface area contributed by atoms with Gasteiger partial charge in [0.05, 0.1) is 31.9 Å². The number of hydrogen-bond acceptors (Lipinski definition) is 7. The van der Waals surface area contributed by atoms with Gasteiger partial charge in [0.15, 0.2) is 23.0 Å². The number of methoxy groups -OCH3 is 2. The molecule has 0 spiro atoms. The van der Waals surface area contributed by atoms with Crippen LogP contribution in [0.4, 0.5) is 5.82 Å². The highest BCUT2D eigenvalue weighted by molar-refractivity contribution is 5.95. The number of esters is 1. The molecule has 0 aliphatic heterocycles. The molecule has 0 unspecified atom stereocenters. The van der Waals surface area contributed by atoms with Gasteiger partial charge < -0.3 is 19.5 Å². The first kappa shape index (κ1) is 21.4. The summed E-state index contributed by atoms with van der Waals surface area (Å²) in [5.41, 5.74) is 2.65.